The van der Waals surface area contributed by atoms with Gasteiger partial charge in [0.1, 0.15) is 0 Å². The Morgan fingerprint density at radius 1 is 0.710 bits per heavy atom. The zero-order valence-electron chi connectivity index (χ0n) is 16.7. The van der Waals surface area contributed by atoms with Crippen molar-refractivity contribution in [1.82, 2.24) is 15.0 Å². The third-order valence-electron chi connectivity index (χ3n) is 3.96. The molecule has 2 amide bonds. The predicted molar refractivity (Wildman–Crippen MR) is 116 cm³/mol. The van der Waals surface area contributed by atoms with Gasteiger partial charge in [0.15, 0.2) is 0 Å². The van der Waals surface area contributed by atoms with Gasteiger partial charge in [0.2, 0.25) is 0 Å². The van der Waals surface area contributed by atoms with Crippen LogP contribution in [0.4, 0.5) is 0 Å². The number of pyridine rings is 3. The molecular weight excluding hydrogens is 446 g/mol. The first kappa shape index (κ1) is 23.5. The van der Waals surface area contributed by atoms with Crippen LogP contribution in [-0.2, 0) is 17.1 Å². The molecule has 2 N–H and O–H groups in total. The molecule has 3 heterocycles. The van der Waals surface area contributed by atoms with E-state index in [0.29, 0.717) is 33.9 Å². The van der Waals surface area contributed by atoms with E-state index in [-0.39, 0.29) is 28.9 Å². The van der Waals surface area contributed by atoms with Gasteiger partial charge in [-0.15, -0.1) is 0 Å². The third kappa shape index (κ3) is 6.63. The molecule has 3 aromatic rings. The van der Waals surface area contributed by atoms with Crippen molar-refractivity contribution in [2.75, 3.05) is 0 Å². The molecule has 1 radical (unpaired) electrons. The van der Waals surface area contributed by atoms with Gasteiger partial charge in [0.25, 0.3) is 11.8 Å². The summed E-state index contributed by atoms with van der Waals surface area (Å²) in [5, 5.41) is 8.09. The Morgan fingerprint density at radius 2 is 1.10 bits per heavy atom. The average molecular weight is 465 g/mol. The quantitative estimate of drug-likeness (QED) is 0.240. The molecule has 0 saturated carbocycles. The number of rotatable bonds is 6. The number of hydrogen-bond donors (Lipinski definition) is 0. The normalized spacial score (nSPS) is 11.3. The minimum atomic E-state index is -0.216. The van der Waals surface area contributed by atoms with Gasteiger partial charge in [-0.05, 0) is 50.2 Å². The van der Waals surface area contributed by atoms with Crippen LogP contribution < -0.4 is 0 Å². The van der Waals surface area contributed by atoms with E-state index < -0.39 is 0 Å². The van der Waals surface area contributed by atoms with Gasteiger partial charge in [-0.25, -0.2) is 4.98 Å². The summed E-state index contributed by atoms with van der Waals surface area (Å²) >= 11 is 0. The van der Waals surface area contributed by atoms with Gasteiger partial charge in [-0.1, -0.05) is 6.07 Å². The summed E-state index contributed by atoms with van der Waals surface area (Å²) in [5.74, 6) is -0.432. The Labute approximate surface area is 189 Å². The average Bonchev–Trinajstić information content (AvgIpc) is 2.81. The molecular formula is C21H19CuN7O2+2. The maximum absolute atomic E-state index is 10.0. The summed E-state index contributed by atoms with van der Waals surface area (Å²) in [6, 6.07) is 11.9. The number of hydrogen-bond acceptors (Lipinski definition) is 5. The first-order valence-electron chi connectivity index (χ1n) is 8.95. The van der Waals surface area contributed by atoms with Gasteiger partial charge in [-0.2, -0.15) is 0 Å². The van der Waals surface area contributed by atoms with Gasteiger partial charge >= 0.3 is 17.1 Å². The molecule has 10 heteroatoms. The Balaban J connectivity index is 0.00000341. The third-order valence-corrected chi connectivity index (χ3v) is 3.96. The summed E-state index contributed by atoms with van der Waals surface area (Å²) in [7, 11) is 0. The van der Waals surface area contributed by atoms with Crippen LogP contribution in [-0.4, -0.2) is 47.8 Å². The fourth-order valence-corrected chi connectivity index (χ4v) is 2.30. The first-order chi connectivity index (χ1) is 14.5. The van der Waals surface area contributed by atoms with Gasteiger partial charge in [0.05, 0.1) is 22.5 Å². The van der Waals surface area contributed by atoms with Gasteiger partial charge in [-0.3, -0.25) is 19.6 Å². The zero-order valence-corrected chi connectivity index (χ0v) is 17.6. The summed E-state index contributed by atoms with van der Waals surface area (Å²) in [6.45, 7) is 3.46. The van der Waals surface area contributed by atoms with E-state index in [1.54, 1.807) is 81.1 Å². The van der Waals surface area contributed by atoms with Crippen LogP contribution in [0.2, 0.25) is 0 Å². The molecule has 0 aliphatic heterocycles. The molecule has 0 bridgehead atoms. The Hall–Kier alpha value is -3.75. The van der Waals surface area contributed by atoms with E-state index in [0.717, 1.165) is 0 Å². The molecule has 0 fully saturated rings. The van der Waals surface area contributed by atoms with Crippen molar-refractivity contribution < 1.29 is 26.7 Å². The number of carbonyl (C=O) groups excluding carboxylic acids is 2. The number of amides is 2. The fourth-order valence-electron chi connectivity index (χ4n) is 2.30. The molecule has 3 aromatic heterocycles. The minimum Gasteiger partial charge on any atom is -0.490 e. The minimum absolute atomic E-state index is 0. The topological polar surface area (TPSA) is 134 Å². The Kier molecular flexibility index (Phi) is 8.68. The summed E-state index contributed by atoms with van der Waals surface area (Å²) in [5.41, 5.74) is 10.9. The van der Waals surface area contributed by atoms with E-state index >= 15 is 0 Å². The van der Waals surface area contributed by atoms with Crippen molar-refractivity contribution in [3.8, 4) is 0 Å². The fraction of sp³-hybridized carbons (Fsp3) is 0.0952. The molecule has 0 aliphatic carbocycles. The number of nitrogens with zero attached hydrogens (tertiary/aromatic N) is 7. The second kappa shape index (κ2) is 11.4. The van der Waals surface area contributed by atoms with Crippen molar-refractivity contribution in [1.29, 1.82) is 0 Å². The molecule has 159 valence electrons. The first-order valence-corrected chi connectivity index (χ1v) is 8.95. The molecule has 0 spiro atoms. The molecule has 9 nitrogen and oxygen atoms in total. The van der Waals surface area contributed by atoms with Crippen molar-refractivity contribution >= 4 is 23.2 Å². The standard InChI is InChI=1S/C21H19N7O2.Cu/c1-14(25-27-20(29)16-6-10-22-11-7-16)18-4-3-5-19(24-18)15(2)26-28-21(30)17-8-12-23-13-9-17;/h3-13H,1-2H3,(H2,24,27,28,29,30);/q;+2. The van der Waals surface area contributed by atoms with Crippen molar-refractivity contribution in [2.45, 2.75) is 13.8 Å². The number of aromatic nitrogens is 3. The summed E-state index contributed by atoms with van der Waals surface area (Å²) in [4.78, 5) is 32.3. The zero-order chi connectivity index (χ0) is 21.3. The molecule has 3 rings (SSSR count). The van der Waals surface area contributed by atoms with Crippen LogP contribution in [0.15, 0.2) is 77.5 Å². The maximum Gasteiger partial charge on any atom is 2.00 e. The summed E-state index contributed by atoms with van der Waals surface area (Å²) < 4.78 is 0. The summed E-state index contributed by atoms with van der Waals surface area (Å²) in [6.07, 6.45) is 6.22. The molecule has 0 aromatic carbocycles. The van der Waals surface area contributed by atoms with Crippen LogP contribution >= 0.6 is 0 Å². The second-order valence-corrected chi connectivity index (χ2v) is 6.10. The molecule has 0 saturated heterocycles. The van der Waals surface area contributed by atoms with Crippen LogP contribution in [0, 0.1) is 0 Å². The Bertz CT molecular complexity index is 1020. The van der Waals surface area contributed by atoms with Crippen molar-refractivity contribution in [2.24, 2.45) is 10.2 Å². The van der Waals surface area contributed by atoms with Crippen molar-refractivity contribution in [3.05, 3.63) is 101 Å². The van der Waals surface area contributed by atoms with Gasteiger partial charge < -0.3 is 21.1 Å². The van der Waals surface area contributed by atoms with Crippen LogP contribution in [0.3, 0.4) is 0 Å². The van der Waals surface area contributed by atoms with Crippen LogP contribution in [0.5, 0.6) is 0 Å². The maximum atomic E-state index is 10.0. The van der Waals surface area contributed by atoms with E-state index in [2.05, 4.69) is 36.0 Å². The van der Waals surface area contributed by atoms with Crippen molar-refractivity contribution in [3.63, 3.8) is 0 Å². The van der Waals surface area contributed by atoms with E-state index in [4.69, 9.17) is 0 Å². The van der Waals surface area contributed by atoms with E-state index in [1.807, 2.05) is 0 Å². The largest absolute Gasteiger partial charge is 2.00 e. The SMILES string of the molecule is CC(=N[N-]C(=[OH+])c1ccncc1)c1cccc(C(C)=N[N-]C(=[OH+])c2ccncc2)n1.[Cu+2]. The molecule has 31 heavy (non-hydrogen) atoms. The van der Waals surface area contributed by atoms with Gasteiger partial charge in [0, 0.05) is 36.2 Å². The smallest absolute Gasteiger partial charge is 0.490 e. The van der Waals surface area contributed by atoms with Crippen LogP contribution in [0.25, 0.3) is 10.9 Å². The van der Waals surface area contributed by atoms with E-state index in [1.165, 1.54) is 0 Å². The van der Waals surface area contributed by atoms with E-state index in [9.17, 15) is 9.59 Å². The molecule has 0 atom stereocenters. The predicted octanol–water partition coefficient (Wildman–Crippen LogP) is 3.17. The molecule has 0 unspecified atom stereocenters. The van der Waals surface area contributed by atoms with Crippen LogP contribution in [0.1, 0.15) is 36.4 Å². The molecule has 0 aliphatic rings. The monoisotopic (exact) mass is 464 g/mol. The Morgan fingerprint density at radius 3 is 1.48 bits per heavy atom. The second-order valence-electron chi connectivity index (χ2n) is 6.10.